The summed E-state index contributed by atoms with van der Waals surface area (Å²) in [7, 11) is 0. The van der Waals surface area contributed by atoms with E-state index in [1.165, 1.54) is 0 Å². The van der Waals surface area contributed by atoms with Gasteiger partial charge in [0.25, 0.3) is 0 Å². The molecule has 0 saturated heterocycles. The van der Waals surface area contributed by atoms with E-state index in [1.807, 2.05) is 6.92 Å². The number of rotatable bonds is 4. The second kappa shape index (κ2) is 5.28. The summed E-state index contributed by atoms with van der Waals surface area (Å²) in [4.78, 5) is 10.9. The minimum absolute atomic E-state index is 0.483. The molecule has 0 fully saturated rings. The molecule has 2 N–H and O–H groups in total. The second-order valence-electron chi connectivity index (χ2n) is 4.58. The lowest BCUT2D eigenvalue weighted by Crippen LogP contribution is -2.07. The number of furan rings is 1. The normalized spacial score (nSPS) is 14.1. The molecule has 2 aromatic rings. The molecular weight excluding hydrogens is 244 g/mol. The largest absolute Gasteiger partial charge is 0.481 e. The molecule has 0 aliphatic heterocycles. The van der Waals surface area contributed by atoms with Gasteiger partial charge in [0.15, 0.2) is 0 Å². The Morgan fingerprint density at radius 1 is 1.11 bits per heavy atom. The van der Waals surface area contributed by atoms with Crippen LogP contribution in [0.25, 0.3) is 0 Å². The number of aliphatic carboxylic acids is 1. The zero-order valence-electron chi connectivity index (χ0n) is 10.8. The topological polar surface area (TPSA) is 70.7 Å². The predicted molar refractivity (Wildman–Crippen MR) is 70.0 cm³/mol. The van der Waals surface area contributed by atoms with Gasteiger partial charge in [-0.05, 0) is 37.1 Å². The van der Waals surface area contributed by atoms with E-state index in [0.29, 0.717) is 16.9 Å². The van der Waals surface area contributed by atoms with Crippen molar-refractivity contribution >= 4 is 5.97 Å². The Hall–Kier alpha value is -2.07. The van der Waals surface area contributed by atoms with E-state index in [0.717, 1.165) is 5.76 Å². The maximum atomic E-state index is 10.9. The van der Waals surface area contributed by atoms with Gasteiger partial charge in [0.2, 0.25) is 0 Å². The summed E-state index contributed by atoms with van der Waals surface area (Å²) >= 11 is 0. The zero-order chi connectivity index (χ0) is 14.0. The molecule has 0 aliphatic rings. The molecule has 1 aromatic carbocycles. The fraction of sp³-hybridized carbons (Fsp3) is 0.267. The van der Waals surface area contributed by atoms with Gasteiger partial charge in [0, 0.05) is 0 Å². The number of benzene rings is 1. The Morgan fingerprint density at radius 2 is 1.68 bits per heavy atom. The lowest BCUT2D eigenvalue weighted by Gasteiger charge is -2.11. The number of aliphatic hydroxyl groups is 1. The summed E-state index contributed by atoms with van der Waals surface area (Å²) in [6, 6.07) is 10.4. The summed E-state index contributed by atoms with van der Waals surface area (Å²) in [5.41, 5.74) is 1.38. The van der Waals surface area contributed by atoms with Crippen LogP contribution in [0, 0.1) is 6.92 Å². The molecule has 1 aromatic heterocycles. The van der Waals surface area contributed by atoms with Crippen molar-refractivity contribution in [3.63, 3.8) is 0 Å². The van der Waals surface area contributed by atoms with E-state index in [9.17, 15) is 9.90 Å². The summed E-state index contributed by atoms with van der Waals surface area (Å²) < 4.78 is 5.37. The van der Waals surface area contributed by atoms with Crippen LogP contribution in [0.2, 0.25) is 0 Å². The molecule has 2 atom stereocenters. The van der Waals surface area contributed by atoms with Crippen LogP contribution in [-0.2, 0) is 4.79 Å². The third kappa shape index (κ3) is 2.85. The highest BCUT2D eigenvalue weighted by atomic mass is 16.4. The van der Waals surface area contributed by atoms with Gasteiger partial charge in [-0.2, -0.15) is 0 Å². The van der Waals surface area contributed by atoms with Crippen LogP contribution >= 0.6 is 0 Å². The van der Waals surface area contributed by atoms with E-state index in [2.05, 4.69) is 0 Å². The van der Waals surface area contributed by atoms with Crippen LogP contribution in [0.1, 0.15) is 41.6 Å². The highest BCUT2D eigenvalue weighted by Gasteiger charge is 2.16. The van der Waals surface area contributed by atoms with Gasteiger partial charge in [-0.25, -0.2) is 0 Å². The Bertz CT molecular complexity index is 568. The van der Waals surface area contributed by atoms with Crippen molar-refractivity contribution in [2.45, 2.75) is 25.9 Å². The summed E-state index contributed by atoms with van der Waals surface area (Å²) in [6.45, 7) is 3.44. The van der Waals surface area contributed by atoms with Crippen LogP contribution < -0.4 is 0 Å². The molecule has 0 saturated carbocycles. The number of carboxylic acids is 1. The highest BCUT2D eigenvalue weighted by Crippen LogP contribution is 2.25. The van der Waals surface area contributed by atoms with Crippen LogP contribution in [0.15, 0.2) is 40.8 Å². The monoisotopic (exact) mass is 260 g/mol. The first-order valence-corrected chi connectivity index (χ1v) is 6.06. The quantitative estimate of drug-likeness (QED) is 0.886. The van der Waals surface area contributed by atoms with Crippen LogP contribution in [0.3, 0.4) is 0 Å². The lowest BCUT2D eigenvalue weighted by molar-refractivity contribution is -0.138. The molecule has 0 bridgehead atoms. The minimum Gasteiger partial charge on any atom is -0.481 e. The summed E-state index contributed by atoms with van der Waals surface area (Å²) in [5, 5.41) is 19.1. The van der Waals surface area contributed by atoms with Crippen molar-refractivity contribution in [3.8, 4) is 0 Å². The Labute approximate surface area is 111 Å². The number of hydrogen-bond donors (Lipinski definition) is 2. The van der Waals surface area contributed by atoms with Gasteiger partial charge in [-0.3, -0.25) is 4.79 Å². The number of carboxylic acid groups (broad SMARTS) is 1. The first-order chi connectivity index (χ1) is 8.99. The number of hydrogen-bond acceptors (Lipinski definition) is 3. The fourth-order valence-electron chi connectivity index (χ4n) is 1.87. The fourth-order valence-corrected chi connectivity index (χ4v) is 1.87. The molecule has 0 spiro atoms. The number of carbonyl (C=O) groups is 1. The van der Waals surface area contributed by atoms with Crippen LogP contribution in [0.4, 0.5) is 0 Å². The molecule has 4 heteroatoms. The number of aryl methyl sites for hydroxylation is 1. The zero-order valence-corrected chi connectivity index (χ0v) is 10.8. The minimum atomic E-state index is -0.866. The molecule has 0 aliphatic carbocycles. The molecule has 1 heterocycles. The Kier molecular flexibility index (Phi) is 3.71. The molecule has 2 rings (SSSR count). The SMILES string of the molecule is Cc1ccc(C(O)c2ccc(C(C)C(=O)O)cc2)o1. The van der Waals surface area contributed by atoms with Gasteiger partial charge >= 0.3 is 5.97 Å². The van der Waals surface area contributed by atoms with E-state index in [1.54, 1.807) is 43.3 Å². The van der Waals surface area contributed by atoms with Crippen molar-refractivity contribution in [3.05, 3.63) is 59.0 Å². The summed E-state index contributed by atoms with van der Waals surface area (Å²) in [5.74, 6) is -0.200. The molecule has 0 amide bonds. The first-order valence-electron chi connectivity index (χ1n) is 6.06. The molecule has 2 unspecified atom stereocenters. The van der Waals surface area contributed by atoms with E-state index < -0.39 is 18.0 Å². The highest BCUT2D eigenvalue weighted by molar-refractivity contribution is 5.75. The first kappa shape index (κ1) is 13.4. The van der Waals surface area contributed by atoms with Crippen molar-refractivity contribution in [1.29, 1.82) is 0 Å². The average molecular weight is 260 g/mol. The molecule has 0 radical (unpaired) electrons. The van der Waals surface area contributed by atoms with Crippen molar-refractivity contribution in [1.82, 2.24) is 0 Å². The average Bonchev–Trinajstić information content (AvgIpc) is 2.84. The van der Waals surface area contributed by atoms with Gasteiger partial charge in [-0.1, -0.05) is 24.3 Å². The van der Waals surface area contributed by atoms with Gasteiger partial charge in [0.1, 0.15) is 17.6 Å². The smallest absolute Gasteiger partial charge is 0.310 e. The Balaban J connectivity index is 2.20. The summed E-state index contributed by atoms with van der Waals surface area (Å²) in [6.07, 6.45) is -0.831. The maximum absolute atomic E-state index is 10.9. The standard InChI is InChI=1S/C15H16O4/c1-9-3-8-13(19-9)14(16)12-6-4-11(5-7-12)10(2)15(17)18/h3-8,10,14,16H,1-2H3,(H,17,18). The maximum Gasteiger partial charge on any atom is 0.310 e. The second-order valence-corrected chi connectivity index (χ2v) is 4.58. The van der Waals surface area contributed by atoms with Gasteiger partial charge in [0.05, 0.1) is 5.92 Å². The van der Waals surface area contributed by atoms with E-state index in [-0.39, 0.29) is 0 Å². The molecule has 4 nitrogen and oxygen atoms in total. The third-order valence-electron chi connectivity index (χ3n) is 3.15. The molecule has 19 heavy (non-hydrogen) atoms. The van der Waals surface area contributed by atoms with Crippen LogP contribution in [-0.4, -0.2) is 16.2 Å². The third-order valence-corrected chi connectivity index (χ3v) is 3.15. The predicted octanol–water partition coefficient (Wildman–Crippen LogP) is 2.86. The van der Waals surface area contributed by atoms with E-state index in [4.69, 9.17) is 9.52 Å². The lowest BCUT2D eigenvalue weighted by atomic mass is 9.98. The van der Waals surface area contributed by atoms with Crippen molar-refractivity contribution in [2.24, 2.45) is 0 Å². The molecule has 100 valence electrons. The van der Waals surface area contributed by atoms with E-state index >= 15 is 0 Å². The Morgan fingerprint density at radius 3 is 2.16 bits per heavy atom. The van der Waals surface area contributed by atoms with Crippen LogP contribution in [0.5, 0.6) is 0 Å². The van der Waals surface area contributed by atoms with Crippen molar-refractivity contribution in [2.75, 3.05) is 0 Å². The van der Waals surface area contributed by atoms with Gasteiger partial charge < -0.3 is 14.6 Å². The number of aliphatic hydroxyl groups excluding tert-OH is 1. The van der Waals surface area contributed by atoms with Crippen molar-refractivity contribution < 1.29 is 19.4 Å². The van der Waals surface area contributed by atoms with Gasteiger partial charge in [-0.15, -0.1) is 0 Å². The molecular formula is C15H16O4.